The van der Waals surface area contributed by atoms with Gasteiger partial charge in [-0.1, -0.05) is 27.7 Å². The first kappa shape index (κ1) is 14.5. The highest BCUT2D eigenvalue weighted by atomic mass is 16.5. The van der Waals surface area contributed by atoms with E-state index < -0.39 is 0 Å². The van der Waals surface area contributed by atoms with Crippen molar-refractivity contribution in [2.45, 2.75) is 27.7 Å². The number of carbonyl (C=O) groups excluding carboxylic acids is 1. The van der Waals surface area contributed by atoms with Crippen LogP contribution in [0.3, 0.4) is 0 Å². The molecule has 0 saturated heterocycles. The van der Waals surface area contributed by atoms with Gasteiger partial charge in [-0.25, -0.2) is 0 Å². The summed E-state index contributed by atoms with van der Waals surface area (Å²) in [4.78, 5) is 11.3. The molecule has 0 fully saturated rings. The average molecular weight is 277 g/mol. The van der Waals surface area contributed by atoms with Gasteiger partial charge in [0.2, 0.25) is 0 Å². The molecule has 1 aromatic rings. The summed E-state index contributed by atoms with van der Waals surface area (Å²) in [6.07, 6.45) is 0. The molecule has 0 radical (unpaired) electrons. The van der Waals surface area contributed by atoms with E-state index >= 15 is 0 Å². The van der Waals surface area contributed by atoms with Crippen molar-refractivity contribution in [3.05, 3.63) is 12.1 Å². The lowest BCUT2D eigenvalue weighted by atomic mass is 9.81. The molecule has 2 rings (SSSR count). The zero-order valence-electron chi connectivity index (χ0n) is 12.5. The number of ether oxygens (including phenoxy) is 1. The maximum absolute atomic E-state index is 11.3. The second-order valence-electron chi connectivity index (χ2n) is 6.27. The Kier molecular flexibility index (Phi) is 3.79. The minimum Gasteiger partial charge on any atom is -0.482 e. The first-order valence-electron chi connectivity index (χ1n) is 6.89. The number of anilines is 3. The number of amides is 1. The molecule has 20 heavy (non-hydrogen) atoms. The molecule has 1 aromatic carbocycles. The van der Waals surface area contributed by atoms with Gasteiger partial charge in [0.15, 0.2) is 6.61 Å². The van der Waals surface area contributed by atoms with E-state index in [1.165, 1.54) is 0 Å². The Hall–Kier alpha value is -1.91. The predicted molar refractivity (Wildman–Crippen MR) is 82.1 cm³/mol. The Labute approximate surface area is 119 Å². The van der Waals surface area contributed by atoms with Gasteiger partial charge in [-0.15, -0.1) is 0 Å². The van der Waals surface area contributed by atoms with Crippen molar-refractivity contribution in [3.63, 3.8) is 0 Å². The molecular weight excluding hydrogens is 254 g/mol. The molecule has 1 aliphatic heterocycles. The smallest absolute Gasteiger partial charge is 0.262 e. The fourth-order valence-corrected chi connectivity index (χ4v) is 1.82. The summed E-state index contributed by atoms with van der Waals surface area (Å²) in [6.45, 7) is 9.67. The highest BCUT2D eigenvalue weighted by Crippen LogP contribution is 2.36. The van der Waals surface area contributed by atoms with Crippen LogP contribution in [0.2, 0.25) is 0 Å². The first-order valence-corrected chi connectivity index (χ1v) is 6.89. The summed E-state index contributed by atoms with van der Waals surface area (Å²) in [5.41, 5.74) is 8.30. The van der Waals surface area contributed by atoms with Gasteiger partial charge < -0.3 is 21.1 Å². The molecule has 0 spiro atoms. The zero-order chi connectivity index (χ0) is 14.9. The van der Waals surface area contributed by atoms with Crippen molar-refractivity contribution < 1.29 is 9.53 Å². The van der Waals surface area contributed by atoms with Gasteiger partial charge in [-0.2, -0.15) is 0 Å². The number of fused-ring (bicyclic) bond motifs is 1. The van der Waals surface area contributed by atoms with E-state index in [0.717, 1.165) is 12.2 Å². The molecule has 5 heteroatoms. The van der Waals surface area contributed by atoms with Crippen LogP contribution in [0.15, 0.2) is 12.1 Å². The number of benzene rings is 1. The minimum absolute atomic E-state index is 0.0413. The Morgan fingerprint density at radius 2 is 2.15 bits per heavy atom. The third-order valence-electron chi connectivity index (χ3n) is 4.08. The van der Waals surface area contributed by atoms with Gasteiger partial charge in [0.25, 0.3) is 5.91 Å². The third kappa shape index (κ3) is 2.98. The third-order valence-corrected chi connectivity index (χ3v) is 4.08. The number of rotatable bonds is 4. The normalized spacial score (nSPS) is 14.6. The molecule has 0 aliphatic carbocycles. The molecule has 5 nitrogen and oxygen atoms in total. The molecule has 0 atom stereocenters. The molecule has 0 bridgehead atoms. The van der Waals surface area contributed by atoms with Gasteiger partial charge in [0.1, 0.15) is 5.75 Å². The van der Waals surface area contributed by atoms with Crippen LogP contribution >= 0.6 is 0 Å². The SMILES string of the molecule is CC(C)C(C)(C)CNc1cc2c(cc1N)OCC(=O)N2. The minimum atomic E-state index is -0.143. The van der Waals surface area contributed by atoms with Crippen LogP contribution in [0.4, 0.5) is 17.1 Å². The summed E-state index contributed by atoms with van der Waals surface area (Å²) in [5, 5.41) is 6.16. The number of hydrogen-bond acceptors (Lipinski definition) is 4. The van der Waals surface area contributed by atoms with E-state index in [4.69, 9.17) is 10.5 Å². The first-order chi connectivity index (χ1) is 9.29. The summed E-state index contributed by atoms with van der Waals surface area (Å²) in [5.74, 6) is 1.03. The number of carbonyl (C=O) groups is 1. The molecule has 1 heterocycles. The van der Waals surface area contributed by atoms with Crippen molar-refractivity contribution in [2.75, 3.05) is 29.5 Å². The molecule has 0 aromatic heterocycles. The van der Waals surface area contributed by atoms with Crippen LogP contribution in [-0.2, 0) is 4.79 Å². The predicted octanol–water partition coefficient (Wildman–Crippen LogP) is 2.69. The topological polar surface area (TPSA) is 76.4 Å². The van der Waals surface area contributed by atoms with Crippen LogP contribution in [-0.4, -0.2) is 19.1 Å². The lowest BCUT2D eigenvalue weighted by Gasteiger charge is -2.30. The Bertz CT molecular complexity index is 524. The van der Waals surface area contributed by atoms with Crippen LogP contribution in [0.5, 0.6) is 5.75 Å². The standard InChI is InChI=1S/C15H23N3O2/c1-9(2)15(3,4)8-17-11-6-12-13(5-10(11)16)20-7-14(19)18-12/h5-6,9,17H,7-8,16H2,1-4H3,(H,18,19). The lowest BCUT2D eigenvalue weighted by molar-refractivity contribution is -0.118. The molecule has 1 aliphatic rings. The van der Waals surface area contributed by atoms with E-state index in [2.05, 4.69) is 38.3 Å². The lowest BCUT2D eigenvalue weighted by Crippen LogP contribution is -2.29. The molecule has 110 valence electrons. The Balaban J connectivity index is 2.17. The highest BCUT2D eigenvalue weighted by molar-refractivity contribution is 5.97. The van der Waals surface area contributed by atoms with Gasteiger partial charge >= 0.3 is 0 Å². The largest absolute Gasteiger partial charge is 0.482 e. The van der Waals surface area contributed by atoms with E-state index in [1.807, 2.05) is 6.07 Å². The quantitative estimate of drug-likeness (QED) is 0.740. The molecular formula is C15H23N3O2. The number of nitrogens with two attached hydrogens (primary N) is 1. The number of nitrogen functional groups attached to an aromatic ring is 1. The van der Waals surface area contributed by atoms with Crippen molar-refractivity contribution in [2.24, 2.45) is 11.3 Å². The van der Waals surface area contributed by atoms with Crippen LogP contribution in [0.25, 0.3) is 0 Å². The second-order valence-corrected chi connectivity index (χ2v) is 6.27. The van der Waals surface area contributed by atoms with Crippen LogP contribution in [0, 0.1) is 11.3 Å². The van der Waals surface area contributed by atoms with Gasteiger partial charge in [0, 0.05) is 12.6 Å². The van der Waals surface area contributed by atoms with Crippen LogP contribution < -0.4 is 21.1 Å². The van der Waals surface area contributed by atoms with E-state index in [0.29, 0.717) is 23.0 Å². The summed E-state index contributed by atoms with van der Waals surface area (Å²) < 4.78 is 5.34. The van der Waals surface area contributed by atoms with Gasteiger partial charge in [-0.05, 0) is 17.4 Å². The fourth-order valence-electron chi connectivity index (χ4n) is 1.82. The molecule has 1 amide bonds. The zero-order valence-corrected chi connectivity index (χ0v) is 12.5. The molecule has 0 saturated carbocycles. The maximum atomic E-state index is 11.3. The van der Waals surface area contributed by atoms with Crippen LogP contribution in [0.1, 0.15) is 27.7 Å². The van der Waals surface area contributed by atoms with E-state index in [-0.39, 0.29) is 17.9 Å². The molecule has 4 N–H and O–H groups in total. The summed E-state index contributed by atoms with van der Waals surface area (Å²) in [6, 6.07) is 3.58. The fraction of sp³-hybridized carbons (Fsp3) is 0.533. The number of nitrogens with one attached hydrogen (secondary N) is 2. The summed E-state index contributed by atoms with van der Waals surface area (Å²) >= 11 is 0. The van der Waals surface area contributed by atoms with E-state index in [1.54, 1.807) is 6.07 Å². The highest BCUT2D eigenvalue weighted by Gasteiger charge is 2.23. The Morgan fingerprint density at radius 3 is 2.80 bits per heavy atom. The van der Waals surface area contributed by atoms with Crippen molar-refractivity contribution in [3.8, 4) is 5.75 Å². The number of hydrogen-bond donors (Lipinski definition) is 3. The van der Waals surface area contributed by atoms with E-state index in [9.17, 15) is 4.79 Å². The monoisotopic (exact) mass is 277 g/mol. The molecule has 0 unspecified atom stereocenters. The van der Waals surface area contributed by atoms with Gasteiger partial charge in [0.05, 0.1) is 17.1 Å². The Morgan fingerprint density at radius 1 is 1.45 bits per heavy atom. The summed E-state index contributed by atoms with van der Waals surface area (Å²) in [7, 11) is 0. The van der Waals surface area contributed by atoms with Crippen molar-refractivity contribution in [1.29, 1.82) is 0 Å². The van der Waals surface area contributed by atoms with Gasteiger partial charge in [-0.3, -0.25) is 4.79 Å². The van der Waals surface area contributed by atoms with Crippen molar-refractivity contribution in [1.82, 2.24) is 0 Å². The van der Waals surface area contributed by atoms with Crippen molar-refractivity contribution >= 4 is 23.0 Å². The second kappa shape index (κ2) is 5.23. The maximum Gasteiger partial charge on any atom is 0.262 e. The average Bonchev–Trinajstić information content (AvgIpc) is 2.36.